The third-order valence-corrected chi connectivity index (χ3v) is 4.82. The molecule has 2 amide bonds. The van der Waals surface area contributed by atoms with E-state index >= 15 is 0 Å². The van der Waals surface area contributed by atoms with Gasteiger partial charge in [0.1, 0.15) is 0 Å². The molecule has 0 spiro atoms. The van der Waals surface area contributed by atoms with E-state index in [0.29, 0.717) is 18.2 Å². The van der Waals surface area contributed by atoms with E-state index in [1.54, 1.807) is 4.90 Å². The molecule has 5 nitrogen and oxygen atoms in total. The highest BCUT2D eigenvalue weighted by molar-refractivity contribution is 7.13. The summed E-state index contributed by atoms with van der Waals surface area (Å²) >= 11 is 1.40. The van der Waals surface area contributed by atoms with E-state index in [2.05, 4.69) is 22.4 Å². The predicted octanol–water partition coefficient (Wildman–Crippen LogP) is 2.48. The number of nitrogens with one attached hydrogen (secondary N) is 1. The first kappa shape index (κ1) is 15.7. The molecule has 1 aliphatic heterocycles. The summed E-state index contributed by atoms with van der Waals surface area (Å²) in [5.74, 6) is -0.353. The van der Waals surface area contributed by atoms with Crippen molar-refractivity contribution in [3.8, 4) is 0 Å². The molecule has 1 aromatic heterocycles. The standard InChI is InChI=1S/C17H19N3O2S/c1-12-11-23-17(18-12)19-16(22)14-9-15(21)20(10-14)8-7-13-5-3-2-4-6-13/h2-6,11,14H,7-10H2,1H3,(H,18,19,22). The molecule has 2 aromatic rings. The van der Waals surface area contributed by atoms with E-state index in [1.807, 2.05) is 30.5 Å². The van der Waals surface area contributed by atoms with Crippen LogP contribution < -0.4 is 5.32 Å². The Balaban J connectivity index is 1.53. The molecule has 1 fully saturated rings. The van der Waals surface area contributed by atoms with Gasteiger partial charge in [0.15, 0.2) is 5.13 Å². The van der Waals surface area contributed by atoms with Crippen molar-refractivity contribution in [2.75, 3.05) is 18.4 Å². The number of nitrogens with zero attached hydrogens (tertiary/aromatic N) is 2. The van der Waals surface area contributed by atoms with Crippen molar-refractivity contribution in [1.29, 1.82) is 0 Å². The maximum Gasteiger partial charge on any atom is 0.231 e. The van der Waals surface area contributed by atoms with E-state index < -0.39 is 0 Å². The SMILES string of the molecule is Cc1csc(NC(=O)C2CC(=O)N(CCc3ccccc3)C2)n1. The van der Waals surface area contributed by atoms with Crippen LogP contribution in [0, 0.1) is 12.8 Å². The van der Waals surface area contributed by atoms with Crippen molar-refractivity contribution >= 4 is 28.3 Å². The lowest BCUT2D eigenvalue weighted by Crippen LogP contribution is -2.30. The number of anilines is 1. The number of carbonyl (C=O) groups excluding carboxylic acids is 2. The maximum absolute atomic E-state index is 12.3. The van der Waals surface area contributed by atoms with Crippen LogP contribution in [0.4, 0.5) is 5.13 Å². The molecule has 3 rings (SSSR count). The number of hydrogen-bond acceptors (Lipinski definition) is 4. The third kappa shape index (κ3) is 3.96. The van der Waals surface area contributed by atoms with E-state index in [4.69, 9.17) is 0 Å². The summed E-state index contributed by atoms with van der Waals surface area (Å²) in [5.41, 5.74) is 2.09. The van der Waals surface area contributed by atoms with Gasteiger partial charge in [0.25, 0.3) is 0 Å². The minimum atomic E-state index is -0.289. The second kappa shape index (κ2) is 6.91. The Morgan fingerprint density at radius 2 is 2.17 bits per heavy atom. The number of likely N-dealkylation sites (tertiary alicyclic amines) is 1. The summed E-state index contributed by atoms with van der Waals surface area (Å²) in [6.45, 7) is 3.03. The van der Waals surface area contributed by atoms with Crippen LogP contribution in [0.15, 0.2) is 35.7 Å². The average molecular weight is 329 g/mol. The second-order valence-electron chi connectivity index (χ2n) is 5.76. The number of rotatable bonds is 5. The summed E-state index contributed by atoms with van der Waals surface area (Å²) in [4.78, 5) is 30.4. The lowest BCUT2D eigenvalue weighted by atomic mass is 10.1. The van der Waals surface area contributed by atoms with E-state index in [9.17, 15) is 9.59 Å². The zero-order valence-corrected chi connectivity index (χ0v) is 13.8. The molecule has 0 radical (unpaired) electrons. The highest BCUT2D eigenvalue weighted by Crippen LogP contribution is 2.21. The Morgan fingerprint density at radius 1 is 1.39 bits per heavy atom. The Hall–Kier alpha value is -2.21. The molecule has 0 saturated carbocycles. The molecule has 1 N–H and O–H groups in total. The van der Waals surface area contributed by atoms with Gasteiger partial charge in [0.05, 0.1) is 11.6 Å². The van der Waals surface area contributed by atoms with Gasteiger partial charge in [-0.25, -0.2) is 4.98 Å². The Bertz CT molecular complexity index is 699. The number of amides is 2. The normalized spacial score (nSPS) is 17.5. The van der Waals surface area contributed by atoms with E-state index in [0.717, 1.165) is 12.1 Å². The Morgan fingerprint density at radius 3 is 2.87 bits per heavy atom. The molecule has 0 aliphatic carbocycles. The van der Waals surface area contributed by atoms with Crippen molar-refractivity contribution < 1.29 is 9.59 Å². The number of thiazole rings is 1. The van der Waals surface area contributed by atoms with Crippen LogP contribution in [-0.2, 0) is 16.0 Å². The average Bonchev–Trinajstić information content (AvgIpc) is 3.12. The smallest absolute Gasteiger partial charge is 0.231 e. The maximum atomic E-state index is 12.3. The third-order valence-electron chi connectivity index (χ3n) is 3.95. The monoisotopic (exact) mass is 329 g/mol. The van der Waals surface area contributed by atoms with Gasteiger partial charge < -0.3 is 10.2 Å². The van der Waals surface area contributed by atoms with E-state index in [-0.39, 0.29) is 24.2 Å². The Labute approximate surface area is 139 Å². The summed E-state index contributed by atoms with van der Waals surface area (Å²) < 4.78 is 0. The van der Waals surface area contributed by atoms with Crippen LogP contribution in [0.5, 0.6) is 0 Å². The topological polar surface area (TPSA) is 62.3 Å². The van der Waals surface area contributed by atoms with Crippen molar-refractivity contribution in [2.45, 2.75) is 19.8 Å². The fourth-order valence-electron chi connectivity index (χ4n) is 2.69. The van der Waals surface area contributed by atoms with Crippen LogP contribution in [0.25, 0.3) is 0 Å². The largest absolute Gasteiger partial charge is 0.342 e. The molecule has 23 heavy (non-hydrogen) atoms. The summed E-state index contributed by atoms with van der Waals surface area (Å²) in [6.07, 6.45) is 1.09. The fraction of sp³-hybridized carbons (Fsp3) is 0.353. The first-order valence-corrected chi connectivity index (χ1v) is 8.54. The van der Waals surface area contributed by atoms with Gasteiger partial charge in [-0.2, -0.15) is 0 Å². The van der Waals surface area contributed by atoms with Crippen molar-refractivity contribution in [1.82, 2.24) is 9.88 Å². The van der Waals surface area contributed by atoms with Gasteiger partial charge in [0, 0.05) is 24.9 Å². The first-order valence-electron chi connectivity index (χ1n) is 7.66. The minimum Gasteiger partial charge on any atom is -0.342 e. The molecule has 1 aliphatic rings. The molecule has 1 saturated heterocycles. The number of aromatic nitrogens is 1. The van der Waals surface area contributed by atoms with Gasteiger partial charge in [-0.1, -0.05) is 30.3 Å². The van der Waals surface area contributed by atoms with Gasteiger partial charge >= 0.3 is 0 Å². The molecular formula is C17H19N3O2S. The lowest BCUT2D eigenvalue weighted by Gasteiger charge is -2.16. The molecule has 2 heterocycles. The first-order chi connectivity index (χ1) is 11.1. The van der Waals surface area contributed by atoms with Crippen molar-refractivity contribution in [3.05, 3.63) is 47.0 Å². The fourth-order valence-corrected chi connectivity index (χ4v) is 3.38. The number of carbonyl (C=O) groups is 2. The number of hydrogen-bond donors (Lipinski definition) is 1. The van der Waals surface area contributed by atoms with Crippen LogP contribution in [0.3, 0.4) is 0 Å². The quantitative estimate of drug-likeness (QED) is 0.917. The van der Waals surface area contributed by atoms with Gasteiger partial charge in [0.2, 0.25) is 11.8 Å². The van der Waals surface area contributed by atoms with Gasteiger partial charge in [-0.3, -0.25) is 9.59 Å². The minimum absolute atomic E-state index is 0.0522. The van der Waals surface area contributed by atoms with Crippen LogP contribution in [0.1, 0.15) is 17.7 Å². The van der Waals surface area contributed by atoms with Crippen LogP contribution >= 0.6 is 11.3 Å². The second-order valence-corrected chi connectivity index (χ2v) is 6.62. The van der Waals surface area contributed by atoms with Gasteiger partial charge in [-0.15, -0.1) is 11.3 Å². The molecule has 1 atom stereocenters. The summed E-state index contributed by atoms with van der Waals surface area (Å²) in [6, 6.07) is 10.1. The summed E-state index contributed by atoms with van der Waals surface area (Å²) in [7, 11) is 0. The Kier molecular flexibility index (Phi) is 4.71. The molecular weight excluding hydrogens is 310 g/mol. The zero-order valence-electron chi connectivity index (χ0n) is 13.0. The highest BCUT2D eigenvalue weighted by atomic mass is 32.1. The van der Waals surface area contributed by atoms with Crippen LogP contribution in [-0.4, -0.2) is 34.8 Å². The van der Waals surface area contributed by atoms with Gasteiger partial charge in [-0.05, 0) is 18.9 Å². The number of aryl methyl sites for hydroxylation is 1. The highest BCUT2D eigenvalue weighted by Gasteiger charge is 2.34. The molecule has 0 bridgehead atoms. The molecule has 1 unspecified atom stereocenters. The molecule has 6 heteroatoms. The molecule has 120 valence electrons. The predicted molar refractivity (Wildman–Crippen MR) is 90.3 cm³/mol. The van der Waals surface area contributed by atoms with E-state index in [1.165, 1.54) is 16.9 Å². The number of benzene rings is 1. The van der Waals surface area contributed by atoms with Crippen molar-refractivity contribution in [2.24, 2.45) is 5.92 Å². The lowest BCUT2D eigenvalue weighted by molar-refractivity contribution is -0.128. The van der Waals surface area contributed by atoms with Crippen molar-refractivity contribution in [3.63, 3.8) is 0 Å². The zero-order chi connectivity index (χ0) is 16.2. The summed E-state index contributed by atoms with van der Waals surface area (Å²) in [5, 5.41) is 5.30. The molecule has 1 aromatic carbocycles. The van der Waals surface area contributed by atoms with Crippen LogP contribution in [0.2, 0.25) is 0 Å².